The van der Waals surface area contributed by atoms with Gasteiger partial charge < -0.3 is 10.4 Å². The van der Waals surface area contributed by atoms with E-state index in [9.17, 15) is 5.11 Å². The van der Waals surface area contributed by atoms with Gasteiger partial charge in [-0.3, -0.25) is 0 Å². The van der Waals surface area contributed by atoms with Crippen LogP contribution in [-0.2, 0) is 0 Å². The van der Waals surface area contributed by atoms with Crippen molar-refractivity contribution in [2.75, 3.05) is 18.1 Å². The van der Waals surface area contributed by atoms with E-state index < -0.39 is 0 Å². The number of hydrogen-bond donors (Lipinski definition) is 2. The lowest BCUT2D eigenvalue weighted by Gasteiger charge is -2.39. The van der Waals surface area contributed by atoms with E-state index in [1.807, 2.05) is 11.8 Å². The summed E-state index contributed by atoms with van der Waals surface area (Å²) in [6.07, 6.45) is 2.12. The average Bonchev–Trinajstić information content (AvgIpc) is 2.06. The van der Waals surface area contributed by atoms with Gasteiger partial charge in [-0.25, -0.2) is 0 Å². The Bertz CT molecular complexity index is 140. The van der Waals surface area contributed by atoms with Gasteiger partial charge in [0.25, 0.3) is 0 Å². The Labute approximate surface area is 71.7 Å². The predicted molar refractivity (Wildman–Crippen MR) is 47.8 cm³/mol. The quantitative estimate of drug-likeness (QED) is 0.558. The molecule has 11 heavy (non-hydrogen) atoms. The second-order valence-electron chi connectivity index (χ2n) is 3.44. The number of piperidine rings is 1. The van der Waals surface area contributed by atoms with Crippen LogP contribution in [-0.4, -0.2) is 35.3 Å². The van der Waals surface area contributed by atoms with Gasteiger partial charge in [-0.1, -0.05) is 0 Å². The summed E-state index contributed by atoms with van der Waals surface area (Å²) >= 11 is 2.01. The van der Waals surface area contributed by atoms with Crippen LogP contribution in [0.4, 0.5) is 0 Å². The molecule has 0 aromatic rings. The van der Waals surface area contributed by atoms with Crippen LogP contribution in [0, 0.1) is 5.92 Å². The molecule has 0 aromatic heterocycles. The summed E-state index contributed by atoms with van der Waals surface area (Å²) in [5, 5.41) is 13.1. The zero-order chi connectivity index (χ0) is 7.68. The van der Waals surface area contributed by atoms with Crippen LogP contribution >= 0.6 is 11.8 Å². The highest BCUT2D eigenvalue weighted by molar-refractivity contribution is 7.99. The summed E-state index contributed by atoms with van der Waals surface area (Å²) in [6.45, 7) is 1.00. The van der Waals surface area contributed by atoms with Crippen molar-refractivity contribution in [1.29, 1.82) is 0 Å². The summed E-state index contributed by atoms with van der Waals surface area (Å²) in [4.78, 5) is 0. The molecule has 0 bridgehead atoms. The molecule has 2 rings (SSSR count). The Kier molecular flexibility index (Phi) is 2.39. The highest BCUT2D eigenvalue weighted by Gasteiger charge is 2.33. The average molecular weight is 173 g/mol. The van der Waals surface area contributed by atoms with Crippen molar-refractivity contribution in [3.05, 3.63) is 0 Å². The van der Waals surface area contributed by atoms with Gasteiger partial charge in [0.15, 0.2) is 0 Å². The van der Waals surface area contributed by atoms with Crippen molar-refractivity contribution in [2.24, 2.45) is 5.92 Å². The molecular formula is C8H15NOS. The van der Waals surface area contributed by atoms with Crippen LogP contribution in [0.25, 0.3) is 0 Å². The Morgan fingerprint density at radius 1 is 1.36 bits per heavy atom. The van der Waals surface area contributed by atoms with Crippen molar-refractivity contribution in [2.45, 2.75) is 25.0 Å². The number of thioether (sulfide) groups is 1. The van der Waals surface area contributed by atoms with Gasteiger partial charge in [0.2, 0.25) is 0 Å². The van der Waals surface area contributed by atoms with E-state index in [1.165, 1.54) is 17.9 Å². The highest BCUT2D eigenvalue weighted by Crippen LogP contribution is 2.29. The largest absolute Gasteiger partial charge is 0.393 e. The molecule has 2 saturated heterocycles. The van der Waals surface area contributed by atoms with Gasteiger partial charge in [0.1, 0.15) is 0 Å². The minimum atomic E-state index is -0.0258. The molecule has 2 aliphatic heterocycles. The maximum absolute atomic E-state index is 9.66. The monoisotopic (exact) mass is 173 g/mol. The van der Waals surface area contributed by atoms with Gasteiger partial charge in [-0.2, -0.15) is 11.8 Å². The first kappa shape index (κ1) is 7.90. The SMILES string of the molecule is OC1CCNC2CSCCC12. The lowest BCUT2D eigenvalue weighted by Crippen LogP contribution is -2.51. The molecule has 0 radical (unpaired) electrons. The molecule has 2 fully saturated rings. The summed E-state index contributed by atoms with van der Waals surface area (Å²) in [7, 11) is 0. The first-order valence-electron chi connectivity index (χ1n) is 4.37. The van der Waals surface area contributed by atoms with Crippen LogP contribution < -0.4 is 5.32 Å². The third-order valence-electron chi connectivity index (χ3n) is 2.75. The minimum Gasteiger partial charge on any atom is -0.393 e. The topological polar surface area (TPSA) is 32.3 Å². The zero-order valence-electron chi connectivity index (χ0n) is 6.62. The lowest BCUT2D eigenvalue weighted by atomic mass is 9.87. The summed E-state index contributed by atoms with van der Waals surface area (Å²) < 4.78 is 0. The van der Waals surface area contributed by atoms with Gasteiger partial charge in [-0.05, 0) is 25.1 Å². The predicted octanol–water partition coefficient (Wildman–Crippen LogP) is 0.462. The first-order chi connectivity index (χ1) is 5.38. The Morgan fingerprint density at radius 3 is 3.09 bits per heavy atom. The molecule has 0 saturated carbocycles. The summed E-state index contributed by atoms with van der Waals surface area (Å²) in [5.41, 5.74) is 0. The van der Waals surface area contributed by atoms with Crippen LogP contribution in [0.3, 0.4) is 0 Å². The van der Waals surface area contributed by atoms with E-state index in [0.717, 1.165) is 13.0 Å². The lowest BCUT2D eigenvalue weighted by molar-refractivity contribution is 0.0541. The van der Waals surface area contributed by atoms with Crippen molar-refractivity contribution in [1.82, 2.24) is 5.32 Å². The number of aliphatic hydroxyl groups is 1. The molecular weight excluding hydrogens is 158 g/mol. The van der Waals surface area contributed by atoms with Crippen LogP contribution in [0.1, 0.15) is 12.8 Å². The Morgan fingerprint density at radius 2 is 2.27 bits per heavy atom. The molecule has 0 amide bonds. The van der Waals surface area contributed by atoms with Gasteiger partial charge in [0.05, 0.1) is 6.10 Å². The molecule has 2 heterocycles. The molecule has 2 nitrogen and oxygen atoms in total. The summed E-state index contributed by atoms with van der Waals surface area (Å²) in [6, 6.07) is 0.595. The fourth-order valence-electron chi connectivity index (χ4n) is 2.06. The summed E-state index contributed by atoms with van der Waals surface area (Å²) in [5.74, 6) is 2.98. The number of fused-ring (bicyclic) bond motifs is 1. The van der Waals surface area contributed by atoms with Crippen molar-refractivity contribution in [3.8, 4) is 0 Å². The van der Waals surface area contributed by atoms with Gasteiger partial charge >= 0.3 is 0 Å². The van der Waals surface area contributed by atoms with Crippen molar-refractivity contribution < 1.29 is 5.11 Å². The first-order valence-corrected chi connectivity index (χ1v) is 5.52. The van der Waals surface area contributed by atoms with E-state index in [1.54, 1.807) is 0 Å². The third kappa shape index (κ3) is 1.55. The van der Waals surface area contributed by atoms with Crippen LogP contribution in [0.2, 0.25) is 0 Å². The maximum atomic E-state index is 9.66. The molecule has 0 aromatic carbocycles. The molecule has 2 N–H and O–H groups in total. The molecule has 3 atom stereocenters. The third-order valence-corrected chi connectivity index (χ3v) is 3.87. The normalized spacial score (nSPS) is 45.0. The number of aliphatic hydroxyl groups excluding tert-OH is 1. The van der Waals surface area contributed by atoms with E-state index >= 15 is 0 Å². The maximum Gasteiger partial charge on any atom is 0.0595 e. The van der Waals surface area contributed by atoms with Crippen molar-refractivity contribution in [3.63, 3.8) is 0 Å². The standard InChI is InChI=1S/C8H15NOS/c10-8-1-3-9-7-5-11-4-2-6(7)8/h6-10H,1-5H2. The number of hydrogen-bond acceptors (Lipinski definition) is 3. The Hall–Kier alpha value is 0.270. The molecule has 0 spiro atoms. The molecule has 3 unspecified atom stereocenters. The van der Waals surface area contributed by atoms with E-state index in [-0.39, 0.29) is 6.10 Å². The minimum absolute atomic E-state index is 0.0258. The van der Waals surface area contributed by atoms with Gasteiger partial charge in [-0.15, -0.1) is 0 Å². The second-order valence-corrected chi connectivity index (χ2v) is 4.59. The van der Waals surface area contributed by atoms with Crippen molar-refractivity contribution >= 4 is 11.8 Å². The number of rotatable bonds is 0. The highest BCUT2D eigenvalue weighted by atomic mass is 32.2. The van der Waals surface area contributed by atoms with E-state index in [2.05, 4.69) is 5.32 Å². The van der Waals surface area contributed by atoms with Crippen LogP contribution in [0.5, 0.6) is 0 Å². The van der Waals surface area contributed by atoms with Crippen LogP contribution in [0.15, 0.2) is 0 Å². The van der Waals surface area contributed by atoms with E-state index in [0.29, 0.717) is 12.0 Å². The second kappa shape index (κ2) is 3.33. The number of nitrogens with one attached hydrogen (secondary N) is 1. The Balaban J connectivity index is 1.99. The fourth-order valence-corrected chi connectivity index (χ4v) is 3.28. The van der Waals surface area contributed by atoms with E-state index in [4.69, 9.17) is 0 Å². The molecule has 64 valence electrons. The molecule has 0 aliphatic carbocycles. The fraction of sp³-hybridized carbons (Fsp3) is 1.00. The molecule has 3 heteroatoms. The smallest absolute Gasteiger partial charge is 0.0595 e. The zero-order valence-corrected chi connectivity index (χ0v) is 7.44. The van der Waals surface area contributed by atoms with Gasteiger partial charge in [0, 0.05) is 17.7 Å². The molecule has 2 aliphatic rings.